The van der Waals surface area contributed by atoms with Gasteiger partial charge in [-0.05, 0) is 50.9 Å². The lowest BCUT2D eigenvalue weighted by atomic mass is 9.99. The third-order valence-corrected chi connectivity index (χ3v) is 8.15. The summed E-state index contributed by atoms with van der Waals surface area (Å²) < 4.78 is 26.2. The van der Waals surface area contributed by atoms with Gasteiger partial charge in [0.25, 0.3) is 0 Å². The van der Waals surface area contributed by atoms with Crippen LogP contribution in [-0.4, -0.2) is 52.3 Å². The van der Waals surface area contributed by atoms with Crippen molar-refractivity contribution < 1.29 is 43.0 Å². The number of phosphoric acid groups is 1. The van der Waals surface area contributed by atoms with Crippen LogP contribution < -0.4 is 0 Å². The maximum absolute atomic E-state index is 12.3. The third-order valence-electron chi connectivity index (χ3n) is 7.67. The molecule has 0 fully saturated rings. The lowest BCUT2D eigenvalue weighted by Crippen LogP contribution is -2.29. The Labute approximate surface area is 290 Å². The minimum Gasteiger partial charge on any atom is -0.462 e. The molecule has 0 aliphatic rings. The minimum absolute atomic E-state index is 0.169. The van der Waals surface area contributed by atoms with Gasteiger partial charge >= 0.3 is 19.8 Å². The summed E-state index contributed by atoms with van der Waals surface area (Å²) in [6.45, 7) is 5.68. The Balaban J connectivity index is 4.15. The van der Waals surface area contributed by atoms with E-state index < -0.39 is 38.6 Å². The fourth-order valence-electron chi connectivity index (χ4n) is 4.58. The molecule has 0 aliphatic heterocycles. The van der Waals surface area contributed by atoms with Crippen LogP contribution in [0.1, 0.15) is 136 Å². The number of allylic oxidation sites excluding steroid dienone is 8. The first-order valence-electron chi connectivity index (χ1n) is 18.1. The summed E-state index contributed by atoms with van der Waals surface area (Å²) in [7, 11) is -4.77. The van der Waals surface area contributed by atoms with Crippen molar-refractivity contribution in [2.24, 2.45) is 5.92 Å². The topological polar surface area (TPSA) is 140 Å². The highest BCUT2D eigenvalue weighted by Crippen LogP contribution is 2.36. The van der Waals surface area contributed by atoms with E-state index in [0.29, 0.717) is 25.7 Å². The van der Waals surface area contributed by atoms with E-state index in [-0.39, 0.29) is 19.4 Å². The maximum atomic E-state index is 12.3. The summed E-state index contributed by atoms with van der Waals surface area (Å²) in [5.74, 6) is -0.173. The van der Waals surface area contributed by atoms with Crippen molar-refractivity contribution >= 4 is 19.8 Å². The van der Waals surface area contributed by atoms with Gasteiger partial charge in [0.2, 0.25) is 0 Å². The highest BCUT2D eigenvalue weighted by atomic mass is 31.2. The van der Waals surface area contributed by atoms with E-state index in [1.165, 1.54) is 38.5 Å². The fourth-order valence-corrected chi connectivity index (χ4v) is 4.94. The Hall–Kier alpha value is -2.29. The van der Waals surface area contributed by atoms with Crippen molar-refractivity contribution in [3.05, 3.63) is 60.8 Å². The highest BCUT2D eigenvalue weighted by Gasteiger charge is 2.22. The maximum Gasteiger partial charge on any atom is 0.469 e. The molecular formula is C38H65O9P. The van der Waals surface area contributed by atoms with Crippen LogP contribution in [0, 0.1) is 5.92 Å². The average Bonchev–Trinajstić information content (AvgIpc) is 3.05. The molecule has 10 heteroatoms. The first-order valence-corrected chi connectivity index (χ1v) is 19.6. The standard InChI is InChI=1S/C38H65O9P/c1-4-6-28-35(39)29-24-20-16-11-9-7-8-10-12-17-21-25-30-37(40)45-32-36(33-46-48(42,43)44)47-38(41)31-26-22-18-14-13-15-19-23-27-34(3)5-2/h6-8,11-12,16-17,20,24,28,34-36,39H,4-5,9-10,13-15,18-19,21-23,25-27,29-33H2,1-3H3,(H2,42,43,44)/b8-7-,16-11-,17-12-,24-20+,28-6-/t34?,35?,36-/m1/s1. The lowest BCUT2D eigenvalue weighted by molar-refractivity contribution is -0.161. The first kappa shape index (κ1) is 45.7. The summed E-state index contributed by atoms with van der Waals surface area (Å²) in [6.07, 6.45) is 34.4. The molecule has 0 saturated carbocycles. The van der Waals surface area contributed by atoms with Crippen LogP contribution >= 0.6 is 7.82 Å². The van der Waals surface area contributed by atoms with Crippen LogP contribution in [0.15, 0.2) is 60.8 Å². The number of aliphatic hydroxyl groups excluding tert-OH is 1. The van der Waals surface area contributed by atoms with Gasteiger partial charge < -0.3 is 24.4 Å². The van der Waals surface area contributed by atoms with Gasteiger partial charge in [-0.25, -0.2) is 4.57 Å². The smallest absolute Gasteiger partial charge is 0.462 e. The van der Waals surface area contributed by atoms with Crippen LogP contribution in [0.25, 0.3) is 0 Å². The zero-order valence-electron chi connectivity index (χ0n) is 29.9. The Kier molecular flexibility index (Phi) is 30.4. The molecule has 0 aromatic heterocycles. The van der Waals surface area contributed by atoms with E-state index in [1.807, 2.05) is 55.5 Å². The molecule has 0 bridgehead atoms. The van der Waals surface area contributed by atoms with Gasteiger partial charge in [-0.2, -0.15) is 0 Å². The van der Waals surface area contributed by atoms with Crippen LogP contribution in [0.2, 0.25) is 0 Å². The van der Waals surface area contributed by atoms with E-state index >= 15 is 0 Å². The average molecular weight is 697 g/mol. The number of aliphatic hydroxyl groups is 1. The molecule has 0 radical (unpaired) electrons. The quantitative estimate of drug-likeness (QED) is 0.0213. The Bertz CT molecular complexity index is 996. The van der Waals surface area contributed by atoms with Gasteiger partial charge in [-0.1, -0.05) is 139 Å². The molecule has 0 aromatic rings. The molecule has 48 heavy (non-hydrogen) atoms. The van der Waals surface area contributed by atoms with Gasteiger partial charge in [0.05, 0.1) is 12.7 Å². The number of hydrogen-bond donors (Lipinski definition) is 3. The van der Waals surface area contributed by atoms with Crippen LogP contribution in [0.4, 0.5) is 0 Å². The predicted octanol–water partition coefficient (Wildman–Crippen LogP) is 9.39. The van der Waals surface area contributed by atoms with Crippen LogP contribution in [0.5, 0.6) is 0 Å². The van der Waals surface area contributed by atoms with Crippen molar-refractivity contribution in [3.63, 3.8) is 0 Å². The number of ether oxygens (including phenoxy) is 2. The molecule has 0 amide bonds. The van der Waals surface area contributed by atoms with Crippen molar-refractivity contribution in [2.75, 3.05) is 13.2 Å². The second kappa shape index (κ2) is 31.9. The zero-order valence-corrected chi connectivity index (χ0v) is 30.8. The van der Waals surface area contributed by atoms with Crippen molar-refractivity contribution in [1.29, 1.82) is 0 Å². The molecule has 0 aromatic carbocycles. The summed E-state index contributed by atoms with van der Waals surface area (Å²) in [6, 6.07) is 0. The monoisotopic (exact) mass is 696 g/mol. The van der Waals surface area contributed by atoms with E-state index in [4.69, 9.17) is 19.3 Å². The number of esters is 2. The van der Waals surface area contributed by atoms with E-state index in [1.54, 1.807) is 0 Å². The number of carbonyl (C=O) groups excluding carboxylic acids is 2. The molecule has 3 N–H and O–H groups in total. The second-order valence-corrected chi connectivity index (χ2v) is 13.5. The van der Waals surface area contributed by atoms with Crippen molar-refractivity contribution in [1.82, 2.24) is 0 Å². The summed E-state index contributed by atoms with van der Waals surface area (Å²) in [5, 5.41) is 9.72. The number of rotatable bonds is 31. The molecule has 9 nitrogen and oxygen atoms in total. The second-order valence-electron chi connectivity index (χ2n) is 12.3. The van der Waals surface area contributed by atoms with E-state index in [0.717, 1.165) is 44.4 Å². The normalized spacial score (nSPS) is 14.5. The highest BCUT2D eigenvalue weighted by molar-refractivity contribution is 7.46. The summed E-state index contributed by atoms with van der Waals surface area (Å²) in [4.78, 5) is 42.6. The number of unbranched alkanes of at least 4 members (excludes halogenated alkanes) is 8. The molecule has 0 saturated heterocycles. The summed E-state index contributed by atoms with van der Waals surface area (Å²) in [5.41, 5.74) is 0. The largest absolute Gasteiger partial charge is 0.469 e. The van der Waals surface area contributed by atoms with Crippen molar-refractivity contribution in [3.8, 4) is 0 Å². The molecule has 2 unspecified atom stereocenters. The van der Waals surface area contributed by atoms with Gasteiger partial charge in [0.1, 0.15) is 6.61 Å². The van der Waals surface area contributed by atoms with Crippen LogP contribution in [0.3, 0.4) is 0 Å². The number of carbonyl (C=O) groups is 2. The zero-order chi connectivity index (χ0) is 35.7. The van der Waals surface area contributed by atoms with E-state index in [2.05, 4.69) is 30.5 Å². The Morgan fingerprint density at radius 3 is 2.00 bits per heavy atom. The predicted molar refractivity (Wildman–Crippen MR) is 194 cm³/mol. The van der Waals surface area contributed by atoms with E-state index in [9.17, 15) is 19.3 Å². The molecule has 3 atom stereocenters. The SMILES string of the molecule is CC/C=C\C(O)C/C=C/C=C\C/C=C\C/C=C\CCCC(=O)OC[C@H](COP(=O)(O)O)OC(=O)CCCCCCCCCCC(C)CC. The fraction of sp³-hybridized carbons (Fsp3) is 0.684. The molecule has 276 valence electrons. The van der Waals surface area contributed by atoms with Gasteiger partial charge in [-0.3, -0.25) is 14.1 Å². The summed E-state index contributed by atoms with van der Waals surface area (Å²) >= 11 is 0. The Morgan fingerprint density at radius 2 is 1.33 bits per heavy atom. The third kappa shape index (κ3) is 33.6. The molecule has 0 spiro atoms. The minimum atomic E-state index is -4.77. The number of phosphoric ester groups is 1. The first-order chi connectivity index (χ1) is 23.1. The molecule has 0 heterocycles. The Morgan fingerprint density at radius 1 is 0.729 bits per heavy atom. The molecular weight excluding hydrogens is 631 g/mol. The number of hydrogen-bond acceptors (Lipinski definition) is 7. The van der Waals surface area contributed by atoms with Crippen molar-refractivity contribution in [2.45, 2.75) is 149 Å². The van der Waals surface area contributed by atoms with Gasteiger partial charge in [0.15, 0.2) is 6.10 Å². The molecule has 0 rings (SSSR count). The van der Waals surface area contributed by atoms with Crippen LogP contribution in [-0.2, 0) is 28.2 Å². The van der Waals surface area contributed by atoms with Gasteiger partial charge in [0, 0.05) is 12.8 Å². The lowest BCUT2D eigenvalue weighted by Gasteiger charge is -2.18. The molecule has 0 aliphatic carbocycles. The van der Waals surface area contributed by atoms with Gasteiger partial charge in [-0.15, -0.1) is 0 Å².